The largest absolute Gasteiger partial charge is 0.490 e. The Morgan fingerprint density at radius 2 is 1.81 bits per heavy atom. The quantitative estimate of drug-likeness (QED) is 0.728. The van der Waals surface area contributed by atoms with E-state index in [4.69, 9.17) is 9.47 Å². The van der Waals surface area contributed by atoms with Crippen molar-refractivity contribution in [2.45, 2.75) is 79.4 Å². The van der Waals surface area contributed by atoms with E-state index in [1.54, 1.807) is 13.8 Å². The summed E-state index contributed by atoms with van der Waals surface area (Å²) in [6.07, 6.45) is 3.33. The number of rotatable bonds is 5. The van der Waals surface area contributed by atoms with Crippen LogP contribution in [0.25, 0.3) is 0 Å². The summed E-state index contributed by atoms with van der Waals surface area (Å²) in [5.74, 6) is -1.73. The first-order valence-corrected chi connectivity index (χ1v) is 9.33. The van der Waals surface area contributed by atoms with Crippen LogP contribution >= 0.6 is 0 Å². The van der Waals surface area contributed by atoms with Crippen LogP contribution in [0.15, 0.2) is 12.1 Å². The van der Waals surface area contributed by atoms with Gasteiger partial charge in [-0.3, -0.25) is 0 Å². The van der Waals surface area contributed by atoms with E-state index < -0.39 is 11.8 Å². The van der Waals surface area contributed by atoms with Gasteiger partial charge in [0.25, 0.3) is 0 Å². The van der Waals surface area contributed by atoms with Crippen molar-refractivity contribution in [1.82, 2.24) is 0 Å². The number of hydrogen-bond acceptors (Lipinski definition) is 3. The third-order valence-electron chi connectivity index (χ3n) is 5.77. The van der Waals surface area contributed by atoms with E-state index >= 15 is 0 Å². The van der Waals surface area contributed by atoms with E-state index in [-0.39, 0.29) is 40.1 Å². The van der Waals surface area contributed by atoms with Crippen molar-refractivity contribution in [2.75, 3.05) is 0 Å². The standard InChI is InChI=1S/C21H31FO4/c1-13(2)25-17-12-16(22)18(11-15(17)19(23)24)26-14-7-9-21(6,10-8-14)20(3,4)5/h11-14H,7-10H2,1-6H3,(H,23,24). The number of carboxylic acid groups (broad SMARTS) is 1. The van der Waals surface area contributed by atoms with E-state index in [2.05, 4.69) is 27.7 Å². The molecule has 0 atom stereocenters. The van der Waals surface area contributed by atoms with Gasteiger partial charge in [-0.1, -0.05) is 27.7 Å². The lowest BCUT2D eigenvalue weighted by Gasteiger charge is -2.46. The van der Waals surface area contributed by atoms with E-state index in [0.29, 0.717) is 0 Å². The first-order valence-electron chi connectivity index (χ1n) is 9.33. The molecular weight excluding hydrogens is 335 g/mol. The fraction of sp³-hybridized carbons (Fsp3) is 0.667. The highest BCUT2D eigenvalue weighted by atomic mass is 19.1. The molecule has 5 heteroatoms. The maximum Gasteiger partial charge on any atom is 0.339 e. The summed E-state index contributed by atoms with van der Waals surface area (Å²) in [5.41, 5.74) is 0.354. The van der Waals surface area contributed by atoms with Crippen LogP contribution in [0.2, 0.25) is 0 Å². The van der Waals surface area contributed by atoms with Gasteiger partial charge in [-0.05, 0) is 50.4 Å². The normalized spacial score (nSPS) is 23.8. The predicted molar refractivity (Wildman–Crippen MR) is 99.6 cm³/mol. The molecule has 0 aromatic heterocycles. The molecule has 1 saturated carbocycles. The average molecular weight is 366 g/mol. The van der Waals surface area contributed by atoms with Crippen molar-refractivity contribution in [1.29, 1.82) is 0 Å². The van der Waals surface area contributed by atoms with Gasteiger partial charge in [0.05, 0.1) is 12.2 Å². The fourth-order valence-corrected chi connectivity index (χ4v) is 3.42. The Hall–Kier alpha value is -1.78. The number of halogens is 1. The average Bonchev–Trinajstić information content (AvgIpc) is 2.50. The first-order chi connectivity index (χ1) is 11.9. The minimum atomic E-state index is -1.16. The maximum absolute atomic E-state index is 14.4. The Balaban J connectivity index is 2.16. The molecule has 0 heterocycles. The molecule has 2 rings (SSSR count). The monoisotopic (exact) mass is 366 g/mol. The zero-order valence-corrected chi connectivity index (χ0v) is 16.7. The number of ether oxygens (including phenoxy) is 2. The van der Waals surface area contributed by atoms with Gasteiger partial charge in [-0.2, -0.15) is 0 Å². The van der Waals surface area contributed by atoms with Gasteiger partial charge in [0.1, 0.15) is 11.3 Å². The molecule has 0 aliphatic heterocycles. The van der Waals surface area contributed by atoms with Crippen LogP contribution in [0.5, 0.6) is 11.5 Å². The van der Waals surface area contributed by atoms with Crippen LogP contribution in [0.3, 0.4) is 0 Å². The van der Waals surface area contributed by atoms with Gasteiger partial charge >= 0.3 is 5.97 Å². The van der Waals surface area contributed by atoms with Crippen molar-refractivity contribution in [3.63, 3.8) is 0 Å². The van der Waals surface area contributed by atoms with E-state index in [0.717, 1.165) is 31.7 Å². The third kappa shape index (κ3) is 4.49. The van der Waals surface area contributed by atoms with Gasteiger partial charge < -0.3 is 14.6 Å². The second-order valence-corrected chi connectivity index (χ2v) is 8.88. The number of carboxylic acids is 1. The summed E-state index contributed by atoms with van der Waals surface area (Å²) < 4.78 is 25.7. The second-order valence-electron chi connectivity index (χ2n) is 8.88. The summed E-state index contributed by atoms with van der Waals surface area (Å²) >= 11 is 0. The molecule has 1 aliphatic carbocycles. The fourth-order valence-electron chi connectivity index (χ4n) is 3.42. The predicted octanol–water partition coefficient (Wildman–Crippen LogP) is 5.68. The molecule has 1 aromatic rings. The highest BCUT2D eigenvalue weighted by Gasteiger charge is 2.41. The topological polar surface area (TPSA) is 55.8 Å². The molecule has 146 valence electrons. The van der Waals surface area contributed by atoms with Crippen LogP contribution in [0.4, 0.5) is 4.39 Å². The van der Waals surface area contributed by atoms with E-state index in [1.165, 1.54) is 6.07 Å². The minimum Gasteiger partial charge on any atom is -0.490 e. The highest BCUT2D eigenvalue weighted by Crippen LogP contribution is 2.49. The molecule has 1 aliphatic rings. The van der Waals surface area contributed by atoms with Crippen molar-refractivity contribution in [3.8, 4) is 11.5 Å². The maximum atomic E-state index is 14.4. The lowest BCUT2D eigenvalue weighted by atomic mass is 9.60. The zero-order chi connectivity index (χ0) is 19.7. The molecule has 0 spiro atoms. The molecule has 1 aromatic carbocycles. The van der Waals surface area contributed by atoms with Crippen molar-refractivity contribution in [3.05, 3.63) is 23.5 Å². The van der Waals surface area contributed by atoms with E-state index in [1.807, 2.05) is 0 Å². The lowest BCUT2D eigenvalue weighted by Crippen LogP contribution is -2.39. The van der Waals surface area contributed by atoms with Crippen LogP contribution in [-0.2, 0) is 0 Å². The van der Waals surface area contributed by atoms with Crippen LogP contribution in [-0.4, -0.2) is 23.3 Å². The van der Waals surface area contributed by atoms with Crippen molar-refractivity contribution in [2.24, 2.45) is 10.8 Å². The molecule has 0 saturated heterocycles. The summed E-state index contributed by atoms with van der Waals surface area (Å²) in [6.45, 7) is 12.6. The van der Waals surface area contributed by atoms with Crippen LogP contribution in [0.1, 0.15) is 77.6 Å². The summed E-state index contributed by atoms with van der Waals surface area (Å²) in [5, 5.41) is 9.40. The Morgan fingerprint density at radius 3 is 2.27 bits per heavy atom. The van der Waals surface area contributed by atoms with Crippen molar-refractivity contribution >= 4 is 5.97 Å². The highest BCUT2D eigenvalue weighted by molar-refractivity contribution is 5.91. The minimum absolute atomic E-state index is 0.0112. The molecule has 4 nitrogen and oxygen atoms in total. The van der Waals surface area contributed by atoms with Gasteiger partial charge in [-0.25, -0.2) is 9.18 Å². The first kappa shape index (κ1) is 20.5. The molecular formula is C21H31FO4. The van der Waals surface area contributed by atoms with Crippen LogP contribution < -0.4 is 9.47 Å². The van der Waals surface area contributed by atoms with Gasteiger partial charge in [0, 0.05) is 12.1 Å². The number of aromatic carboxylic acids is 1. The summed E-state index contributed by atoms with van der Waals surface area (Å²) in [7, 11) is 0. The Labute approximate surface area is 155 Å². The molecule has 0 unspecified atom stereocenters. The Bertz CT molecular complexity index is 653. The van der Waals surface area contributed by atoms with Gasteiger partial charge in [0.15, 0.2) is 11.6 Å². The molecule has 0 amide bonds. The summed E-state index contributed by atoms with van der Waals surface area (Å²) in [6, 6.07) is 2.35. The molecule has 1 N–H and O–H groups in total. The molecule has 1 fully saturated rings. The molecule has 0 radical (unpaired) electrons. The molecule has 26 heavy (non-hydrogen) atoms. The van der Waals surface area contributed by atoms with Crippen LogP contribution in [0, 0.1) is 16.6 Å². The smallest absolute Gasteiger partial charge is 0.339 e. The zero-order valence-electron chi connectivity index (χ0n) is 16.7. The van der Waals surface area contributed by atoms with E-state index in [9.17, 15) is 14.3 Å². The number of carbonyl (C=O) groups is 1. The SMILES string of the molecule is CC(C)Oc1cc(F)c(OC2CCC(C)(C(C)(C)C)CC2)cc1C(=O)O. The summed E-state index contributed by atoms with van der Waals surface area (Å²) in [4.78, 5) is 11.5. The number of benzene rings is 1. The van der Waals surface area contributed by atoms with Crippen molar-refractivity contribution < 1.29 is 23.8 Å². The number of hydrogen-bond donors (Lipinski definition) is 1. The second kappa shape index (κ2) is 7.45. The Morgan fingerprint density at radius 1 is 1.23 bits per heavy atom. The Kier molecular flexibility index (Phi) is 5.89. The molecule has 0 bridgehead atoms. The van der Waals surface area contributed by atoms with Gasteiger partial charge in [0.2, 0.25) is 0 Å². The van der Waals surface area contributed by atoms with Gasteiger partial charge in [-0.15, -0.1) is 0 Å². The lowest BCUT2D eigenvalue weighted by molar-refractivity contribution is 0.0129. The third-order valence-corrected chi connectivity index (χ3v) is 5.77.